The Kier molecular flexibility index (Phi) is 21.5. The van der Waals surface area contributed by atoms with Crippen LogP contribution in [-0.2, 0) is 12.2 Å². The van der Waals surface area contributed by atoms with Gasteiger partial charge in [-0.2, -0.15) is 30.7 Å². The number of rotatable bonds is 31. The second kappa shape index (κ2) is 27.9. The van der Waals surface area contributed by atoms with E-state index in [0.29, 0.717) is 42.3 Å². The van der Waals surface area contributed by atoms with Crippen LogP contribution in [0, 0.1) is 52.5 Å². The van der Waals surface area contributed by atoms with Crippen LogP contribution in [0.2, 0.25) is 0 Å². The molecule has 6 aromatic rings. The van der Waals surface area contributed by atoms with Gasteiger partial charge in [-0.25, -0.2) is 22.0 Å². The molecular formula is C59H58F12O6. The lowest BCUT2D eigenvalue weighted by Crippen LogP contribution is -2.27. The maximum Gasteiger partial charge on any atom is 0.432 e. The molecule has 0 fully saturated rings. The minimum atomic E-state index is -4.84. The highest BCUT2D eigenvalue weighted by atomic mass is 19.3. The predicted molar refractivity (Wildman–Crippen MR) is 268 cm³/mol. The molecule has 77 heavy (non-hydrogen) atoms. The topological polar surface area (TPSA) is 55.4 Å². The average molecular weight is 1090 g/mol. The maximum absolute atomic E-state index is 15.1. The highest BCUT2D eigenvalue weighted by molar-refractivity contribution is 5.67. The third-order valence-electron chi connectivity index (χ3n) is 12.5. The van der Waals surface area contributed by atoms with E-state index in [4.69, 9.17) is 18.9 Å². The molecule has 1 unspecified atom stereocenters. The molecule has 6 rings (SSSR count). The molecule has 414 valence electrons. The minimum absolute atomic E-state index is 0.0134. The van der Waals surface area contributed by atoms with Crippen molar-refractivity contribution in [3.63, 3.8) is 0 Å². The van der Waals surface area contributed by atoms with E-state index in [9.17, 15) is 43.9 Å². The van der Waals surface area contributed by atoms with E-state index in [2.05, 4.69) is 16.1 Å². The van der Waals surface area contributed by atoms with Gasteiger partial charge in [-0.05, 0) is 117 Å². The highest BCUT2D eigenvalue weighted by Gasteiger charge is 2.45. The van der Waals surface area contributed by atoms with E-state index in [1.54, 1.807) is 12.1 Å². The lowest BCUT2D eigenvalue weighted by molar-refractivity contribution is -0.190. The molecule has 0 aliphatic heterocycles. The standard InChI is InChI=1S/C59H58F12O6/c1-4-37(17-13-9-7-11-15-33-74-42-27-29-44(47(60)35-42)38-19-23-40(24-20-38)76-58(68,69)46-31-32-49(72-5-2)52(63)51(46)62)18-14-10-8-12-16-34-75-43-28-30-45(48(61)36-43)39-21-25-41(26-22-39)77-59(70,71)50-53(64)55(66)57(73-6-3)56(67)54(50)65/h4,19-32,35-37H,1,5-18,33-34H2,2-3H3. The molecule has 0 saturated carbocycles. The van der Waals surface area contributed by atoms with Gasteiger partial charge in [-0.3, -0.25) is 0 Å². The van der Waals surface area contributed by atoms with E-state index < -0.39 is 87.1 Å². The van der Waals surface area contributed by atoms with Gasteiger partial charge in [0.05, 0.1) is 26.4 Å². The Bertz CT molecular complexity index is 2850. The number of benzene rings is 6. The molecular weight excluding hydrogens is 1030 g/mol. The number of ether oxygens (including phenoxy) is 6. The fourth-order valence-corrected chi connectivity index (χ4v) is 8.45. The largest absolute Gasteiger partial charge is 0.493 e. The van der Waals surface area contributed by atoms with Gasteiger partial charge in [-0.1, -0.05) is 81.7 Å². The van der Waals surface area contributed by atoms with Gasteiger partial charge in [0.2, 0.25) is 17.5 Å². The Morgan fingerprint density at radius 3 is 1.31 bits per heavy atom. The highest BCUT2D eigenvalue weighted by Crippen LogP contribution is 2.41. The zero-order valence-corrected chi connectivity index (χ0v) is 42.4. The van der Waals surface area contributed by atoms with Crippen molar-refractivity contribution in [2.75, 3.05) is 26.4 Å². The van der Waals surface area contributed by atoms with Crippen molar-refractivity contribution in [3.8, 4) is 56.8 Å². The van der Waals surface area contributed by atoms with Crippen LogP contribution in [0.25, 0.3) is 22.3 Å². The van der Waals surface area contributed by atoms with Gasteiger partial charge in [0, 0.05) is 23.3 Å². The molecule has 0 aliphatic rings. The first kappa shape index (κ1) is 59.3. The number of hydrogen-bond acceptors (Lipinski definition) is 6. The van der Waals surface area contributed by atoms with Crippen molar-refractivity contribution < 1.29 is 81.1 Å². The maximum atomic E-state index is 15.1. The molecule has 0 aliphatic carbocycles. The molecule has 18 heteroatoms. The van der Waals surface area contributed by atoms with Crippen molar-refractivity contribution in [1.29, 1.82) is 0 Å². The van der Waals surface area contributed by atoms with Gasteiger partial charge in [0.15, 0.2) is 29.0 Å². The van der Waals surface area contributed by atoms with Crippen molar-refractivity contribution >= 4 is 0 Å². The number of halogens is 12. The molecule has 6 aromatic carbocycles. The summed E-state index contributed by atoms with van der Waals surface area (Å²) in [5.74, 6) is -15.5. The lowest BCUT2D eigenvalue weighted by Gasteiger charge is -2.21. The van der Waals surface area contributed by atoms with Crippen molar-refractivity contribution in [2.24, 2.45) is 5.92 Å². The third-order valence-corrected chi connectivity index (χ3v) is 12.5. The van der Waals surface area contributed by atoms with Gasteiger partial charge in [0.1, 0.15) is 45.8 Å². The summed E-state index contributed by atoms with van der Waals surface area (Å²) in [5.41, 5.74) is -2.64. The van der Waals surface area contributed by atoms with Crippen LogP contribution >= 0.6 is 0 Å². The van der Waals surface area contributed by atoms with Crippen LogP contribution < -0.4 is 28.4 Å². The van der Waals surface area contributed by atoms with Gasteiger partial charge in [-0.15, -0.1) is 6.58 Å². The summed E-state index contributed by atoms with van der Waals surface area (Å²) >= 11 is 0. The number of unbranched alkanes of at least 4 members (excludes halogenated alkanes) is 8. The van der Waals surface area contributed by atoms with Crippen LogP contribution in [0.1, 0.15) is 102 Å². The zero-order chi connectivity index (χ0) is 55.7. The summed E-state index contributed by atoms with van der Waals surface area (Å²) in [6.07, 6.45) is 4.69. The molecule has 0 saturated heterocycles. The summed E-state index contributed by atoms with van der Waals surface area (Å²) in [5, 5.41) is 0. The smallest absolute Gasteiger partial charge is 0.432 e. The fourth-order valence-electron chi connectivity index (χ4n) is 8.45. The van der Waals surface area contributed by atoms with Crippen LogP contribution in [-0.4, -0.2) is 26.4 Å². The normalized spacial score (nSPS) is 12.1. The Balaban J connectivity index is 0.806. The fraction of sp³-hybridized carbons (Fsp3) is 0.356. The van der Waals surface area contributed by atoms with Gasteiger partial charge < -0.3 is 28.4 Å². The molecule has 1 atom stereocenters. The molecule has 0 aromatic heterocycles. The van der Waals surface area contributed by atoms with Gasteiger partial charge >= 0.3 is 12.2 Å². The summed E-state index contributed by atoms with van der Waals surface area (Å²) in [4.78, 5) is 0. The lowest BCUT2D eigenvalue weighted by atomic mass is 9.94. The van der Waals surface area contributed by atoms with E-state index >= 15 is 8.78 Å². The van der Waals surface area contributed by atoms with Crippen LogP contribution in [0.4, 0.5) is 52.7 Å². The molecule has 0 heterocycles. The molecule has 0 N–H and O–H groups in total. The Morgan fingerprint density at radius 2 is 0.870 bits per heavy atom. The summed E-state index contributed by atoms with van der Waals surface area (Å²) in [6, 6.07) is 19.7. The molecule has 0 amide bonds. The zero-order valence-electron chi connectivity index (χ0n) is 42.4. The number of alkyl halides is 4. The Morgan fingerprint density at radius 1 is 0.442 bits per heavy atom. The summed E-state index contributed by atoms with van der Waals surface area (Å²) in [7, 11) is 0. The SMILES string of the molecule is C=CC(CCCCCCCOc1ccc(-c2ccc(OC(F)(F)c3ccc(OCC)c(F)c3F)cc2)c(F)c1)CCCCCCCOc1ccc(-c2ccc(OC(F)(F)c3c(F)c(F)c(OCC)c(F)c3F)cc2)c(F)c1. The first-order valence-electron chi connectivity index (χ1n) is 25.3. The number of allylic oxidation sites excluding steroid dienone is 1. The average Bonchev–Trinajstić information content (AvgIpc) is 3.41. The van der Waals surface area contributed by atoms with E-state index in [1.807, 2.05) is 6.08 Å². The van der Waals surface area contributed by atoms with Crippen LogP contribution in [0.3, 0.4) is 0 Å². The molecule has 6 nitrogen and oxygen atoms in total. The first-order valence-corrected chi connectivity index (χ1v) is 25.3. The van der Waals surface area contributed by atoms with Crippen LogP contribution in [0.5, 0.6) is 34.5 Å². The van der Waals surface area contributed by atoms with Crippen molar-refractivity contribution in [1.82, 2.24) is 0 Å². The Hall–Kier alpha value is -6.98. The molecule has 0 radical (unpaired) electrons. The van der Waals surface area contributed by atoms with Crippen LogP contribution in [0.15, 0.2) is 110 Å². The second-order valence-electron chi connectivity index (χ2n) is 17.9. The third kappa shape index (κ3) is 15.8. The predicted octanol–water partition coefficient (Wildman–Crippen LogP) is 18.1. The number of hydrogen-bond donors (Lipinski definition) is 0. The van der Waals surface area contributed by atoms with E-state index in [-0.39, 0.29) is 35.7 Å². The Labute approximate surface area is 439 Å². The van der Waals surface area contributed by atoms with Crippen molar-refractivity contribution in [2.45, 2.75) is 103 Å². The van der Waals surface area contributed by atoms with Crippen molar-refractivity contribution in [3.05, 3.63) is 167 Å². The summed E-state index contributed by atoms with van der Waals surface area (Å²) < 4.78 is 206. The minimum Gasteiger partial charge on any atom is -0.493 e. The van der Waals surface area contributed by atoms with E-state index in [0.717, 1.165) is 95.2 Å². The molecule has 0 spiro atoms. The summed E-state index contributed by atoms with van der Waals surface area (Å²) in [6.45, 7) is 7.23. The van der Waals surface area contributed by atoms with E-state index in [1.165, 1.54) is 74.5 Å². The van der Waals surface area contributed by atoms with Gasteiger partial charge in [0.25, 0.3) is 0 Å². The molecule has 0 bridgehead atoms. The monoisotopic (exact) mass is 1090 g/mol. The quantitative estimate of drug-likeness (QED) is 0.0187. The first-order chi connectivity index (χ1) is 36.9. The second-order valence-corrected chi connectivity index (χ2v) is 17.9.